The van der Waals surface area contributed by atoms with E-state index in [1.165, 1.54) is 24.3 Å². The molecule has 166 valence electrons. The summed E-state index contributed by atoms with van der Waals surface area (Å²) in [4.78, 5) is 21.0. The van der Waals surface area contributed by atoms with Crippen LogP contribution < -0.4 is 9.75 Å². The van der Waals surface area contributed by atoms with E-state index in [9.17, 15) is 20.2 Å². The maximum absolute atomic E-state index is 11.0. The third-order valence-electron chi connectivity index (χ3n) is 5.33. The predicted octanol–water partition coefficient (Wildman–Crippen LogP) is 5.53. The Kier molecular flexibility index (Phi) is 6.12. The standard InChI is InChI=1S/C24H20N4O5/c1-33-23-14-12-20(13-15-23)26-24(18-5-10-22(11-6-18)28(31)32)16-19(25-26)7-2-17-3-8-21(9-4-17)27(29)30/h2-15,24H,16H2,1H3. The van der Waals surface area contributed by atoms with E-state index in [4.69, 9.17) is 9.84 Å². The summed E-state index contributed by atoms with van der Waals surface area (Å²) in [6, 6.07) is 20.1. The van der Waals surface area contributed by atoms with Gasteiger partial charge in [0.2, 0.25) is 0 Å². The van der Waals surface area contributed by atoms with E-state index >= 15 is 0 Å². The van der Waals surface area contributed by atoms with Crippen LogP contribution in [0.15, 0.2) is 84.0 Å². The average molecular weight is 444 g/mol. The van der Waals surface area contributed by atoms with Crippen LogP contribution in [0, 0.1) is 20.2 Å². The molecule has 0 saturated heterocycles. The highest BCUT2D eigenvalue weighted by Gasteiger charge is 2.28. The normalized spacial score (nSPS) is 15.5. The molecule has 0 N–H and O–H groups in total. The second-order valence-electron chi connectivity index (χ2n) is 7.38. The second-order valence-corrected chi connectivity index (χ2v) is 7.38. The van der Waals surface area contributed by atoms with Gasteiger partial charge in [0.25, 0.3) is 11.4 Å². The van der Waals surface area contributed by atoms with Crippen molar-refractivity contribution in [2.45, 2.75) is 12.5 Å². The topological polar surface area (TPSA) is 111 Å². The summed E-state index contributed by atoms with van der Waals surface area (Å²) in [7, 11) is 1.60. The maximum Gasteiger partial charge on any atom is 0.269 e. The number of rotatable bonds is 7. The first-order chi connectivity index (χ1) is 15.9. The van der Waals surface area contributed by atoms with Gasteiger partial charge < -0.3 is 4.74 Å². The predicted molar refractivity (Wildman–Crippen MR) is 125 cm³/mol. The van der Waals surface area contributed by atoms with E-state index < -0.39 is 9.85 Å². The van der Waals surface area contributed by atoms with Crippen molar-refractivity contribution in [2.24, 2.45) is 5.10 Å². The number of hydrogen-bond donors (Lipinski definition) is 0. The van der Waals surface area contributed by atoms with Crippen LogP contribution in [0.2, 0.25) is 0 Å². The fourth-order valence-corrected chi connectivity index (χ4v) is 3.58. The van der Waals surface area contributed by atoms with E-state index in [1.807, 2.05) is 41.4 Å². The molecule has 3 aromatic carbocycles. The van der Waals surface area contributed by atoms with Gasteiger partial charge in [-0.15, -0.1) is 0 Å². The Labute approximate surface area is 189 Å². The third kappa shape index (κ3) is 4.87. The van der Waals surface area contributed by atoms with E-state index in [2.05, 4.69) is 0 Å². The van der Waals surface area contributed by atoms with E-state index in [-0.39, 0.29) is 17.4 Å². The second kappa shape index (κ2) is 9.31. The van der Waals surface area contributed by atoms with Crippen LogP contribution in [-0.2, 0) is 0 Å². The smallest absolute Gasteiger partial charge is 0.269 e. The number of methoxy groups -OCH3 is 1. The highest BCUT2D eigenvalue weighted by atomic mass is 16.6. The number of non-ortho nitro benzene ring substituents is 2. The lowest BCUT2D eigenvalue weighted by Gasteiger charge is -2.24. The van der Waals surface area contributed by atoms with Crippen molar-refractivity contribution in [2.75, 3.05) is 12.1 Å². The molecule has 0 saturated carbocycles. The SMILES string of the molecule is COc1ccc(N2N=C(C=Cc3ccc([N+](=O)[O-])cc3)CC2c2ccc([N+](=O)[O-])cc2)cc1. The fraction of sp³-hybridized carbons (Fsp3) is 0.125. The van der Waals surface area contributed by atoms with Crippen LogP contribution in [0.25, 0.3) is 6.08 Å². The molecule has 0 aliphatic carbocycles. The number of ether oxygens (including phenoxy) is 1. The number of nitro benzene ring substituents is 2. The molecule has 0 spiro atoms. The molecule has 4 rings (SSSR count). The minimum Gasteiger partial charge on any atom is -0.497 e. The first-order valence-electron chi connectivity index (χ1n) is 10.1. The summed E-state index contributed by atoms with van der Waals surface area (Å²) in [5.74, 6) is 0.729. The molecule has 1 aliphatic rings. The first-order valence-corrected chi connectivity index (χ1v) is 10.1. The monoisotopic (exact) mass is 444 g/mol. The molecule has 9 heteroatoms. The van der Waals surface area contributed by atoms with Gasteiger partial charge in [-0.2, -0.15) is 5.10 Å². The number of hydrogen-bond acceptors (Lipinski definition) is 7. The van der Waals surface area contributed by atoms with Gasteiger partial charge in [-0.25, -0.2) is 0 Å². The molecule has 1 atom stereocenters. The third-order valence-corrected chi connectivity index (χ3v) is 5.33. The highest BCUT2D eigenvalue weighted by molar-refractivity contribution is 6.01. The van der Waals surface area contributed by atoms with Crippen LogP contribution in [0.3, 0.4) is 0 Å². The summed E-state index contributed by atoms with van der Waals surface area (Å²) in [5, 5.41) is 28.5. The Morgan fingerprint density at radius 3 is 2.00 bits per heavy atom. The summed E-state index contributed by atoms with van der Waals surface area (Å²) in [5.41, 5.74) is 3.46. The summed E-state index contributed by atoms with van der Waals surface area (Å²) < 4.78 is 5.24. The van der Waals surface area contributed by atoms with Crippen LogP contribution in [0.4, 0.5) is 17.1 Å². The Bertz CT molecular complexity index is 1220. The zero-order valence-electron chi connectivity index (χ0n) is 17.7. The minimum atomic E-state index is -0.434. The molecule has 3 aromatic rings. The Hall–Kier alpha value is -4.53. The van der Waals surface area contributed by atoms with Crippen molar-refractivity contribution in [1.82, 2.24) is 0 Å². The van der Waals surface area contributed by atoms with Gasteiger partial charge in [0.05, 0.1) is 34.4 Å². The van der Waals surface area contributed by atoms with Gasteiger partial charge >= 0.3 is 0 Å². The number of hydrazone groups is 1. The lowest BCUT2D eigenvalue weighted by Crippen LogP contribution is -2.18. The molecule has 1 unspecified atom stereocenters. The number of anilines is 1. The van der Waals surface area contributed by atoms with Crippen molar-refractivity contribution in [3.8, 4) is 5.75 Å². The molecule has 9 nitrogen and oxygen atoms in total. The number of nitro groups is 2. The van der Waals surface area contributed by atoms with Crippen molar-refractivity contribution in [3.05, 3.63) is 110 Å². The molecule has 0 bridgehead atoms. The lowest BCUT2D eigenvalue weighted by molar-refractivity contribution is -0.385. The van der Waals surface area contributed by atoms with E-state index in [0.717, 1.165) is 28.3 Å². The zero-order valence-corrected chi connectivity index (χ0v) is 17.7. The minimum absolute atomic E-state index is 0.0342. The Morgan fingerprint density at radius 2 is 1.45 bits per heavy atom. The zero-order chi connectivity index (χ0) is 23.4. The van der Waals surface area contributed by atoms with Gasteiger partial charge in [-0.1, -0.05) is 18.2 Å². The maximum atomic E-state index is 11.0. The molecule has 1 heterocycles. The fourth-order valence-electron chi connectivity index (χ4n) is 3.58. The van der Waals surface area contributed by atoms with E-state index in [1.54, 1.807) is 31.4 Å². The largest absolute Gasteiger partial charge is 0.497 e. The number of nitrogens with zero attached hydrogens (tertiary/aromatic N) is 4. The molecular weight excluding hydrogens is 424 g/mol. The van der Waals surface area contributed by atoms with Crippen LogP contribution >= 0.6 is 0 Å². The quantitative estimate of drug-likeness (QED) is 0.350. The van der Waals surface area contributed by atoms with Crippen molar-refractivity contribution in [1.29, 1.82) is 0 Å². The number of benzene rings is 3. The molecule has 33 heavy (non-hydrogen) atoms. The molecule has 0 amide bonds. The van der Waals surface area contributed by atoms with E-state index in [0.29, 0.717) is 6.42 Å². The average Bonchev–Trinajstić information content (AvgIpc) is 3.27. The molecule has 0 radical (unpaired) electrons. The van der Waals surface area contributed by atoms with Crippen LogP contribution in [-0.4, -0.2) is 22.7 Å². The molecule has 1 aliphatic heterocycles. The molecule has 0 aromatic heterocycles. The van der Waals surface area contributed by atoms with Gasteiger partial charge in [-0.05, 0) is 53.6 Å². The Balaban J connectivity index is 1.62. The molecule has 0 fully saturated rings. The summed E-state index contributed by atoms with van der Waals surface area (Å²) in [6.45, 7) is 0. The van der Waals surface area contributed by atoms with Crippen molar-refractivity contribution < 1.29 is 14.6 Å². The van der Waals surface area contributed by atoms with Crippen molar-refractivity contribution >= 4 is 28.8 Å². The Morgan fingerprint density at radius 1 is 0.879 bits per heavy atom. The summed E-state index contributed by atoms with van der Waals surface area (Å²) >= 11 is 0. The van der Waals surface area contributed by atoms with Crippen LogP contribution in [0.1, 0.15) is 23.6 Å². The van der Waals surface area contributed by atoms with Gasteiger partial charge in [0, 0.05) is 30.7 Å². The van der Waals surface area contributed by atoms with Gasteiger partial charge in [-0.3, -0.25) is 25.2 Å². The van der Waals surface area contributed by atoms with Gasteiger partial charge in [0.1, 0.15) is 5.75 Å². The highest BCUT2D eigenvalue weighted by Crippen LogP contribution is 2.36. The lowest BCUT2D eigenvalue weighted by atomic mass is 10.0. The summed E-state index contributed by atoms with van der Waals surface area (Å²) in [6.07, 6.45) is 4.32. The van der Waals surface area contributed by atoms with Gasteiger partial charge in [0.15, 0.2) is 0 Å². The number of allylic oxidation sites excluding steroid dienone is 1. The van der Waals surface area contributed by atoms with Crippen LogP contribution in [0.5, 0.6) is 5.75 Å². The van der Waals surface area contributed by atoms with Crippen molar-refractivity contribution in [3.63, 3.8) is 0 Å². The molecular formula is C24H20N4O5. The first kappa shape index (κ1) is 21.7.